The van der Waals surface area contributed by atoms with Crippen LogP contribution in [0.15, 0.2) is 54.9 Å². The van der Waals surface area contributed by atoms with Crippen LogP contribution in [0.25, 0.3) is 0 Å². The van der Waals surface area contributed by atoms with Gasteiger partial charge >= 0.3 is 0 Å². The van der Waals surface area contributed by atoms with Crippen molar-refractivity contribution in [3.8, 4) is 11.5 Å². The van der Waals surface area contributed by atoms with Gasteiger partial charge in [0.25, 0.3) is 5.91 Å². The molecule has 1 heterocycles. The molecule has 7 nitrogen and oxygen atoms in total. The van der Waals surface area contributed by atoms with Gasteiger partial charge < -0.3 is 20.1 Å². The first kappa shape index (κ1) is 19.4. The lowest BCUT2D eigenvalue weighted by atomic mass is 10.2. The molecule has 0 fully saturated rings. The Balaban J connectivity index is 1.62. The first-order chi connectivity index (χ1) is 13.6. The number of carbonyl (C=O) groups is 1. The number of nitrogens with zero attached hydrogens (tertiary/aromatic N) is 2. The second kappa shape index (κ2) is 9.05. The minimum absolute atomic E-state index is 0.329. The summed E-state index contributed by atoms with van der Waals surface area (Å²) in [6.07, 6.45) is 2.91. The minimum Gasteiger partial charge on any atom is -0.496 e. The Labute approximate surface area is 167 Å². The molecule has 3 rings (SSSR count). The topological polar surface area (TPSA) is 85.4 Å². The van der Waals surface area contributed by atoms with Crippen LogP contribution >= 0.6 is 11.6 Å². The van der Waals surface area contributed by atoms with E-state index in [2.05, 4.69) is 20.6 Å². The van der Waals surface area contributed by atoms with Crippen molar-refractivity contribution in [3.63, 3.8) is 0 Å². The summed E-state index contributed by atoms with van der Waals surface area (Å²) in [7, 11) is 3.15. The summed E-state index contributed by atoms with van der Waals surface area (Å²) in [6, 6.07) is 12.7. The van der Waals surface area contributed by atoms with Gasteiger partial charge in [-0.2, -0.15) is 0 Å². The van der Waals surface area contributed by atoms with E-state index in [1.54, 1.807) is 25.3 Å². The first-order valence-electron chi connectivity index (χ1n) is 8.43. The standard InChI is InChI=1S/C20H19ClN4O3/c1-27-17-6-4-3-5-13(17)10-22-20-23-11-14(12-24-20)19(26)25-15-7-8-18(28-2)16(21)9-15/h3-9,11-12H,10H2,1-2H3,(H,25,26)(H,22,23,24). The summed E-state index contributed by atoms with van der Waals surface area (Å²) in [5.41, 5.74) is 1.86. The van der Waals surface area contributed by atoms with Crippen LogP contribution in [0.5, 0.6) is 11.5 Å². The first-order valence-corrected chi connectivity index (χ1v) is 8.81. The van der Waals surface area contributed by atoms with Crippen molar-refractivity contribution in [2.24, 2.45) is 0 Å². The van der Waals surface area contributed by atoms with E-state index in [1.165, 1.54) is 19.5 Å². The molecule has 2 N–H and O–H groups in total. The monoisotopic (exact) mass is 398 g/mol. The van der Waals surface area contributed by atoms with Gasteiger partial charge in [0, 0.05) is 30.2 Å². The third-order valence-electron chi connectivity index (χ3n) is 3.95. The maximum Gasteiger partial charge on any atom is 0.258 e. The van der Waals surface area contributed by atoms with Crippen molar-refractivity contribution in [2.75, 3.05) is 24.9 Å². The van der Waals surface area contributed by atoms with E-state index in [-0.39, 0.29) is 5.91 Å². The molecule has 8 heteroatoms. The molecule has 0 saturated heterocycles. The van der Waals surface area contributed by atoms with Crippen LogP contribution in [0.2, 0.25) is 5.02 Å². The number of hydrogen-bond donors (Lipinski definition) is 2. The summed E-state index contributed by atoms with van der Waals surface area (Å²) >= 11 is 6.07. The van der Waals surface area contributed by atoms with Crippen LogP contribution < -0.4 is 20.1 Å². The molecular weight excluding hydrogens is 380 g/mol. The maximum atomic E-state index is 12.4. The molecule has 0 radical (unpaired) electrons. The lowest BCUT2D eigenvalue weighted by molar-refractivity contribution is 0.102. The SMILES string of the molecule is COc1ccc(NC(=O)c2cnc(NCc3ccccc3OC)nc2)cc1Cl. The van der Waals surface area contributed by atoms with Crippen molar-refractivity contribution in [2.45, 2.75) is 6.54 Å². The van der Waals surface area contributed by atoms with Gasteiger partial charge in [0.05, 0.1) is 24.8 Å². The number of methoxy groups -OCH3 is 2. The minimum atomic E-state index is -0.336. The molecule has 0 saturated carbocycles. The number of halogens is 1. The van der Waals surface area contributed by atoms with Gasteiger partial charge in [-0.1, -0.05) is 29.8 Å². The van der Waals surface area contributed by atoms with E-state index in [0.717, 1.165) is 11.3 Å². The molecule has 0 unspecified atom stereocenters. The zero-order valence-electron chi connectivity index (χ0n) is 15.4. The molecule has 0 atom stereocenters. The second-order valence-electron chi connectivity index (χ2n) is 5.76. The molecule has 0 spiro atoms. The maximum absolute atomic E-state index is 12.4. The van der Waals surface area contributed by atoms with Gasteiger partial charge in [0.2, 0.25) is 5.95 Å². The fourth-order valence-corrected chi connectivity index (χ4v) is 2.76. The third kappa shape index (κ3) is 4.69. The quantitative estimate of drug-likeness (QED) is 0.625. The molecule has 1 aromatic heterocycles. The molecule has 0 aliphatic heterocycles. The molecule has 0 aliphatic rings. The van der Waals surface area contributed by atoms with Gasteiger partial charge in [0.1, 0.15) is 11.5 Å². The summed E-state index contributed by atoms with van der Waals surface area (Å²) in [6.45, 7) is 0.500. The number of anilines is 2. The van der Waals surface area contributed by atoms with Crippen molar-refractivity contribution in [3.05, 3.63) is 71.0 Å². The highest BCUT2D eigenvalue weighted by Gasteiger charge is 2.10. The predicted octanol–water partition coefficient (Wildman–Crippen LogP) is 4.01. The zero-order chi connectivity index (χ0) is 19.9. The summed E-state index contributed by atoms with van der Waals surface area (Å²) in [4.78, 5) is 20.7. The number of aromatic nitrogens is 2. The van der Waals surface area contributed by atoms with E-state index >= 15 is 0 Å². The molecule has 0 bridgehead atoms. The largest absolute Gasteiger partial charge is 0.496 e. The Bertz CT molecular complexity index is 964. The van der Waals surface area contributed by atoms with E-state index in [1.807, 2.05) is 24.3 Å². The summed E-state index contributed by atoms with van der Waals surface area (Å²) < 4.78 is 10.4. The number of ether oxygens (including phenoxy) is 2. The van der Waals surface area contributed by atoms with E-state index in [4.69, 9.17) is 21.1 Å². The van der Waals surface area contributed by atoms with Crippen LogP contribution in [0.4, 0.5) is 11.6 Å². The molecule has 28 heavy (non-hydrogen) atoms. The number of benzene rings is 2. The van der Waals surface area contributed by atoms with Gasteiger partial charge in [-0.25, -0.2) is 9.97 Å². The Morgan fingerprint density at radius 2 is 1.75 bits per heavy atom. The number of hydrogen-bond acceptors (Lipinski definition) is 6. The van der Waals surface area contributed by atoms with E-state index in [0.29, 0.717) is 34.5 Å². The third-order valence-corrected chi connectivity index (χ3v) is 4.25. The second-order valence-corrected chi connectivity index (χ2v) is 6.17. The van der Waals surface area contributed by atoms with Gasteiger partial charge in [-0.05, 0) is 24.3 Å². The Kier molecular flexibility index (Phi) is 6.29. The molecule has 2 aromatic carbocycles. The van der Waals surface area contributed by atoms with Crippen molar-refractivity contribution in [1.29, 1.82) is 0 Å². The lowest BCUT2D eigenvalue weighted by Gasteiger charge is -2.10. The summed E-state index contributed by atoms with van der Waals surface area (Å²) in [5.74, 6) is 1.39. The van der Waals surface area contributed by atoms with Crippen LogP contribution in [0.1, 0.15) is 15.9 Å². The molecule has 3 aromatic rings. The van der Waals surface area contributed by atoms with E-state index < -0.39 is 0 Å². The highest BCUT2D eigenvalue weighted by Crippen LogP contribution is 2.27. The zero-order valence-corrected chi connectivity index (χ0v) is 16.2. The predicted molar refractivity (Wildman–Crippen MR) is 108 cm³/mol. The lowest BCUT2D eigenvalue weighted by Crippen LogP contribution is -2.13. The molecule has 0 aliphatic carbocycles. The molecular formula is C20H19ClN4O3. The number of para-hydroxylation sites is 1. The number of carbonyl (C=O) groups excluding carboxylic acids is 1. The van der Waals surface area contributed by atoms with Gasteiger partial charge in [0.15, 0.2) is 0 Å². The normalized spacial score (nSPS) is 10.2. The highest BCUT2D eigenvalue weighted by molar-refractivity contribution is 6.32. The van der Waals surface area contributed by atoms with Gasteiger partial charge in [-0.15, -0.1) is 0 Å². The highest BCUT2D eigenvalue weighted by atomic mass is 35.5. The van der Waals surface area contributed by atoms with Crippen LogP contribution in [0.3, 0.4) is 0 Å². The van der Waals surface area contributed by atoms with Crippen molar-refractivity contribution in [1.82, 2.24) is 9.97 Å². The smallest absolute Gasteiger partial charge is 0.258 e. The van der Waals surface area contributed by atoms with Crippen LogP contribution in [0, 0.1) is 0 Å². The van der Waals surface area contributed by atoms with E-state index in [9.17, 15) is 4.79 Å². The molecule has 144 valence electrons. The number of rotatable bonds is 7. The van der Waals surface area contributed by atoms with Crippen LogP contribution in [-0.2, 0) is 6.54 Å². The number of nitrogens with one attached hydrogen (secondary N) is 2. The van der Waals surface area contributed by atoms with Crippen molar-refractivity contribution >= 4 is 29.1 Å². The molecule has 1 amide bonds. The fourth-order valence-electron chi connectivity index (χ4n) is 2.51. The van der Waals surface area contributed by atoms with Crippen LogP contribution in [-0.4, -0.2) is 30.1 Å². The van der Waals surface area contributed by atoms with Gasteiger partial charge in [-0.3, -0.25) is 4.79 Å². The average Bonchev–Trinajstić information content (AvgIpc) is 2.73. The van der Waals surface area contributed by atoms with Crippen molar-refractivity contribution < 1.29 is 14.3 Å². The number of amides is 1. The Hall–Kier alpha value is -3.32. The summed E-state index contributed by atoms with van der Waals surface area (Å²) in [5, 5.41) is 6.26. The Morgan fingerprint density at radius 3 is 2.43 bits per heavy atom. The average molecular weight is 399 g/mol. The Morgan fingerprint density at radius 1 is 1.04 bits per heavy atom. The fraction of sp³-hybridized carbons (Fsp3) is 0.150.